The molecule has 0 radical (unpaired) electrons. The number of halogens is 1. The Morgan fingerprint density at radius 1 is 1.09 bits per heavy atom. The predicted molar refractivity (Wildman–Crippen MR) is 84.8 cm³/mol. The van der Waals surface area contributed by atoms with E-state index in [0.717, 1.165) is 6.54 Å². The average Bonchev–Trinajstić information content (AvgIpc) is 3.01. The van der Waals surface area contributed by atoms with Crippen LogP contribution in [0, 0.1) is 5.82 Å². The monoisotopic (exact) mass is 340 g/mol. The third-order valence-electron chi connectivity index (χ3n) is 3.77. The van der Waals surface area contributed by atoms with Crippen molar-refractivity contribution < 1.29 is 12.8 Å². The van der Waals surface area contributed by atoms with Crippen molar-refractivity contribution in [1.82, 2.24) is 9.21 Å². The molecular weight excluding hydrogens is 323 g/mol. The highest BCUT2D eigenvalue weighted by Gasteiger charge is 2.30. The SMILES string of the molecule is O=S(=O)(c1ccccc1F)N1CCN(Cc2ccsc2)CC1. The van der Waals surface area contributed by atoms with E-state index < -0.39 is 15.8 Å². The molecule has 1 aromatic heterocycles. The van der Waals surface area contributed by atoms with Gasteiger partial charge < -0.3 is 0 Å². The highest BCUT2D eigenvalue weighted by Crippen LogP contribution is 2.21. The molecule has 0 amide bonds. The van der Waals surface area contributed by atoms with Crippen molar-refractivity contribution in [3.63, 3.8) is 0 Å². The van der Waals surface area contributed by atoms with Crippen LogP contribution in [0.5, 0.6) is 0 Å². The number of rotatable bonds is 4. The molecule has 0 bridgehead atoms. The Balaban J connectivity index is 1.67. The van der Waals surface area contributed by atoms with Crippen molar-refractivity contribution in [3.05, 3.63) is 52.5 Å². The average molecular weight is 340 g/mol. The van der Waals surface area contributed by atoms with Crippen LogP contribution in [0.3, 0.4) is 0 Å². The van der Waals surface area contributed by atoms with Gasteiger partial charge in [-0.25, -0.2) is 12.8 Å². The van der Waals surface area contributed by atoms with Crippen molar-refractivity contribution in [2.75, 3.05) is 26.2 Å². The number of hydrogen-bond acceptors (Lipinski definition) is 4. The van der Waals surface area contributed by atoms with Gasteiger partial charge in [-0.15, -0.1) is 0 Å². The molecule has 118 valence electrons. The van der Waals surface area contributed by atoms with Gasteiger partial charge in [0, 0.05) is 32.7 Å². The zero-order chi connectivity index (χ0) is 15.6. The van der Waals surface area contributed by atoms with E-state index in [1.54, 1.807) is 17.4 Å². The third-order valence-corrected chi connectivity index (χ3v) is 6.44. The number of piperazine rings is 1. The topological polar surface area (TPSA) is 40.6 Å². The molecule has 0 atom stereocenters. The zero-order valence-corrected chi connectivity index (χ0v) is 13.6. The number of nitrogens with zero attached hydrogens (tertiary/aromatic N) is 2. The van der Waals surface area contributed by atoms with Gasteiger partial charge in [-0.1, -0.05) is 12.1 Å². The van der Waals surface area contributed by atoms with Crippen LogP contribution in [-0.2, 0) is 16.6 Å². The molecule has 2 heterocycles. The van der Waals surface area contributed by atoms with Crippen LogP contribution in [0.4, 0.5) is 4.39 Å². The molecule has 4 nitrogen and oxygen atoms in total. The second kappa shape index (κ2) is 6.45. The summed E-state index contributed by atoms with van der Waals surface area (Å²) in [5.74, 6) is -0.691. The zero-order valence-electron chi connectivity index (χ0n) is 12.0. The third kappa shape index (κ3) is 3.22. The first-order valence-electron chi connectivity index (χ1n) is 7.05. The Bertz CT molecular complexity index is 724. The number of benzene rings is 1. The Morgan fingerprint density at radius 3 is 2.45 bits per heavy atom. The van der Waals surface area contributed by atoms with Crippen molar-refractivity contribution in [2.24, 2.45) is 0 Å². The van der Waals surface area contributed by atoms with E-state index in [1.807, 2.05) is 5.38 Å². The molecule has 0 N–H and O–H groups in total. The van der Waals surface area contributed by atoms with Gasteiger partial charge in [0.25, 0.3) is 0 Å². The maximum atomic E-state index is 13.8. The Labute approximate surface area is 133 Å². The summed E-state index contributed by atoms with van der Waals surface area (Å²) in [6.45, 7) is 2.92. The fraction of sp³-hybridized carbons (Fsp3) is 0.333. The van der Waals surface area contributed by atoms with Crippen molar-refractivity contribution in [3.8, 4) is 0 Å². The summed E-state index contributed by atoms with van der Waals surface area (Å²) in [6, 6.07) is 7.62. The van der Waals surface area contributed by atoms with Gasteiger partial charge >= 0.3 is 0 Å². The van der Waals surface area contributed by atoms with Crippen LogP contribution in [0.25, 0.3) is 0 Å². The molecule has 1 aliphatic rings. The fourth-order valence-electron chi connectivity index (χ4n) is 2.56. The molecule has 22 heavy (non-hydrogen) atoms. The van der Waals surface area contributed by atoms with Crippen LogP contribution < -0.4 is 0 Å². The molecule has 1 fully saturated rings. The Morgan fingerprint density at radius 2 is 1.82 bits per heavy atom. The minimum Gasteiger partial charge on any atom is -0.296 e. The lowest BCUT2D eigenvalue weighted by Gasteiger charge is -2.33. The van der Waals surface area contributed by atoms with Gasteiger partial charge in [-0.2, -0.15) is 15.6 Å². The van der Waals surface area contributed by atoms with E-state index >= 15 is 0 Å². The van der Waals surface area contributed by atoms with Crippen molar-refractivity contribution >= 4 is 21.4 Å². The van der Waals surface area contributed by atoms with Crippen LogP contribution in [0.2, 0.25) is 0 Å². The predicted octanol–water partition coefficient (Wildman–Crippen LogP) is 2.39. The first-order chi connectivity index (χ1) is 10.6. The molecule has 1 aliphatic heterocycles. The van der Waals surface area contributed by atoms with Crippen molar-refractivity contribution in [1.29, 1.82) is 0 Å². The second-order valence-electron chi connectivity index (χ2n) is 5.24. The second-order valence-corrected chi connectivity index (χ2v) is 7.93. The summed E-state index contributed by atoms with van der Waals surface area (Å²) in [5, 5.41) is 4.14. The summed E-state index contributed by atoms with van der Waals surface area (Å²) in [4.78, 5) is 1.98. The first kappa shape index (κ1) is 15.6. The number of thiophene rings is 1. The lowest BCUT2D eigenvalue weighted by molar-refractivity contribution is 0.181. The molecule has 0 unspecified atom stereocenters. The van der Waals surface area contributed by atoms with E-state index in [1.165, 1.54) is 28.1 Å². The summed E-state index contributed by atoms with van der Waals surface area (Å²) in [6.07, 6.45) is 0. The van der Waals surface area contributed by atoms with Crippen LogP contribution in [0.15, 0.2) is 46.0 Å². The molecule has 0 aliphatic carbocycles. The molecule has 7 heteroatoms. The number of sulfonamides is 1. The van der Waals surface area contributed by atoms with Gasteiger partial charge in [0.15, 0.2) is 0 Å². The standard InChI is InChI=1S/C15H17FN2O2S2/c16-14-3-1-2-4-15(14)22(19,20)18-8-6-17(7-9-18)11-13-5-10-21-12-13/h1-5,10,12H,6-9,11H2. The van der Waals surface area contributed by atoms with E-state index in [4.69, 9.17) is 0 Å². The number of hydrogen-bond donors (Lipinski definition) is 0. The van der Waals surface area contributed by atoms with Gasteiger partial charge in [0.05, 0.1) is 0 Å². The summed E-state index contributed by atoms with van der Waals surface area (Å²) < 4.78 is 40.1. The van der Waals surface area contributed by atoms with Crippen LogP contribution in [-0.4, -0.2) is 43.8 Å². The fourth-order valence-corrected chi connectivity index (χ4v) is 4.71. The molecule has 0 saturated carbocycles. The summed E-state index contributed by atoms with van der Waals surface area (Å²) in [5.41, 5.74) is 1.25. The quantitative estimate of drug-likeness (QED) is 0.858. The van der Waals surface area contributed by atoms with E-state index in [2.05, 4.69) is 16.3 Å². The van der Waals surface area contributed by atoms with E-state index in [-0.39, 0.29) is 4.90 Å². The minimum absolute atomic E-state index is 0.235. The molecule has 1 aromatic carbocycles. The van der Waals surface area contributed by atoms with E-state index in [9.17, 15) is 12.8 Å². The maximum Gasteiger partial charge on any atom is 0.246 e. The van der Waals surface area contributed by atoms with Crippen LogP contribution in [0.1, 0.15) is 5.56 Å². The molecule has 1 saturated heterocycles. The molecule has 2 aromatic rings. The first-order valence-corrected chi connectivity index (χ1v) is 9.44. The van der Waals surface area contributed by atoms with Crippen LogP contribution >= 0.6 is 11.3 Å². The van der Waals surface area contributed by atoms with Gasteiger partial charge in [0.2, 0.25) is 10.0 Å². The lowest BCUT2D eigenvalue weighted by Crippen LogP contribution is -2.48. The minimum atomic E-state index is -3.74. The normalized spacial score (nSPS) is 17.7. The molecule has 3 rings (SSSR count). The van der Waals surface area contributed by atoms with Gasteiger partial charge in [-0.05, 0) is 34.5 Å². The lowest BCUT2D eigenvalue weighted by atomic mass is 10.3. The summed E-state index contributed by atoms with van der Waals surface area (Å²) in [7, 11) is -3.74. The maximum absolute atomic E-state index is 13.8. The largest absolute Gasteiger partial charge is 0.296 e. The molecular formula is C15H17FN2O2S2. The Hall–Kier alpha value is -1.28. The smallest absolute Gasteiger partial charge is 0.246 e. The Kier molecular flexibility index (Phi) is 4.58. The highest BCUT2D eigenvalue weighted by molar-refractivity contribution is 7.89. The van der Waals surface area contributed by atoms with Gasteiger partial charge in [-0.3, -0.25) is 4.90 Å². The highest BCUT2D eigenvalue weighted by atomic mass is 32.2. The molecule has 0 spiro atoms. The van der Waals surface area contributed by atoms with Gasteiger partial charge in [0.1, 0.15) is 10.7 Å². The summed E-state index contributed by atoms with van der Waals surface area (Å²) >= 11 is 1.66. The van der Waals surface area contributed by atoms with E-state index in [0.29, 0.717) is 26.2 Å². The van der Waals surface area contributed by atoms with Crippen molar-refractivity contribution in [2.45, 2.75) is 11.4 Å².